The number of H-pyrrole nitrogens is 1. The molecule has 1 atom stereocenters. The number of anilines is 1. The number of carbonyl (C=O) groups excluding carboxylic acids is 3. The number of hydrogen-bond donors (Lipinski definition) is 3. The number of hydrogen-bond acceptors (Lipinski definition) is 5. The van der Waals surface area contributed by atoms with E-state index in [4.69, 9.17) is 0 Å². The molecule has 0 unspecified atom stereocenters. The van der Waals surface area contributed by atoms with Gasteiger partial charge in [0.05, 0.1) is 12.3 Å². The van der Waals surface area contributed by atoms with Crippen LogP contribution in [-0.4, -0.2) is 68.7 Å². The second-order valence-corrected chi connectivity index (χ2v) is 9.57. The summed E-state index contributed by atoms with van der Waals surface area (Å²) in [6.45, 7) is 4.00. The van der Waals surface area contributed by atoms with E-state index in [2.05, 4.69) is 15.5 Å². The molecule has 188 valence electrons. The maximum Gasteiger partial charge on any atom is 0.327 e. The number of aromatic amines is 1. The summed E-state index contributed by atoms with van der Waals surface area (Å²) in [5, 5.41) is 20.0. The maximum atomic E-state index is 13.6. The predicted molar refractivity (Wildman–Crippen MR) is 133 cm³/mol. The standard InChI is InChI=1S/C26H35N5O4/c1-17-23(18(2)29-28-17)19-10-12-21(13-11-19)27-25(34)24(20-7-4-3-5-8-20)31(15-16-32)26(35)30-14-6-9-22(30)33/h10-13,20,24,32H,3-9,14-16H2,1-2H3,(H,27,34)(H,28,29)/t24-/m0/s1. The molecule has 2 heterocycles. The lowest BCUT2D eigenvalue weighted by atomic mass is 9.82. The van der Waals surface area contributed by atoms with Crippen LogP contribution in [0.1, 0.15) is 56.3 Å². The van der Waals surface area contributed by atoms with Crippen molar-refractivity contribution in [2.24, 2.45) is 5.92 Å². The first kappa shape index (κ1) is 24.9. The topological polar surface area (TPSA) is 119 Å². The number of nitrogens with one attached hydrogen (secondary N) is 2. The third-order valence-electron chi connectivity index (χ3n) is 7.16. The zero-order valence-corrected chi connectivity index (χ0v) is 20.5. The van der Waals surface area contributed by atoms with E-state index in [1.165, 1.54) is 9.80 Å². The molecule has 2 aromatic rings. The molecule has 2 aliphatic rings. The summed E-state index contributed by atoms with van der Waals surface area (Å²) in [7, 11) is 0. The lowest BCUT2D eigenvalue weighted by Gasteiger charge is -2.38. The Hall–Kier alpha value is -3.20. The Morgan fingerprint density at radius 3 is 2.46 bits per heavy atom. The van der Waals surface area contributed by atoms with Crippen LogP contribution in [-0.2, 0) is 9.59 Å². The van der Waals surface area contributed by atoms with Crippen LogP contribution in [0.5, 0.6) is 0 Å². The van der Waals surface area contributed by atoms with Gasteiger partial charge in [-0.3, -0.25) is 19.6 Å². The third kappa shape index (κ3) is 5.40. The molecule has 1 aromatic heterocycles. The van der Waals surface area contributed by atoms with Crippen molar-refractivity contribution >= 4 is 23.5 Å². The molecule has 4 rings (SSSR count). The van der Waals surface area contributed by atoms with Crippen molar-refractivity contribution in [2.45, 2.75) is 64.8 Å². The minimum absolute atomic E-state index is 0.00911. The Kier molecular flexibility index (Phi) is 7.85. The fourth-order valence-electron chi connectivity index (χ4n) is 5.44. The van der Waals surface area contributed by atoms with E-state index in [0.29, 0.717) is 25.1 Å². The van der Waals surface area contributed by atoms with E-state index in [0.717, 1.165) is 54.6 Å². The predicted octanol–water partition coefficient (Wildman–Crippen LogP) is 3.62. The molecule has 1 saturated heterocycles. The highest BCUT2D eigenvalue weighted by Gasteiger charge is 2.40. The Labute approximate surface area is 205 Å². The average Bonchev–Trinajstić information content (AvgIpc) is 3.44. The van der Waals surface area contributed by atoms with Gasteiger partial charge in [0, 0.05) is 36.5 Å². The number of benzene rings is 1. The van der Waals surface area contributed by atoms with E-state index in [9.17, 15) is 19.5 Å². The summed E-state index contributed by atoms with van der Waals surface area (Å²) in [4.78, 5) is 41.9. The first-order chi connectivity index (χ1) is 16.9. The number of aliphatic hydroxyl groups excluding tert-OH is 1. The fraction of sp³-hybridized carbons (Fsp3) is 0.538. The average molecular weight is 482 g/mol. The van der Waals surface area contributed by atoms with Gasteiger partial charge in [0.1, 0.15) is 6.04 Å². The molecule has 4 amide bonds. The molecule has 0 radical (unpaired) electrons. The largest absolute Gasteiger partial charge is 0.395 e. The van der Waals surface area contributed by atoms with Gasteiger partial charge in [0.2, 0.25) is 11.8 Å². The molecular weight excluding hydrogens is 446 g/mol. The number of urea groups is 1. The molecule has 35 heavy (non-hydrogen) atoms. The Morgan fingerprint density at radius 1 is 1.17 bits per heavy atom. The lowest BCUT2D eigenvalue weighted by Crippen LogP contribution is -2.56. The monoisotopic (exact) mass is 481 g/mol. The third-order valence-corrected chi connectivity index (χ3v) is 7.16. The number of aryl methyl sites for hydroxylation is 2. The van der Waals surface area contributed by atoms with Crippen LogP contribution in [0.4, 0.5) is 10.5 Å². The van der Waals surface area contributed by atoms with Gasteiger partial charge in [-0.05, 0) is 56.7 Å². The highest BCUT2D eigenvalue weighted by Crippen LogP contribution is 2.32. The van der Waals surface area contributed by atoms with Crippen LogP contribution < -0.4 is 5.32 Å². The van der Waals surface area contributed by atoms with Gasteiger partial charge < -0.3 is 15.3 Å². The molecule has 0 spiro atoms. The lowest BCUT2D eigenvalue weighted by molar-refractivity contribution is -0.128. The minimum Gasteiger partial charge on any atom is -0.395 e. The SMILES string of the molecule is Cc1n[nH]c(C)c1-c1ccc(NC(=O)[C@H](C2CCCCC2)N(CCO)C(=O)N2CCCC2=O)cc1. The van der Waals surface area contributed by atoms with E-state index in [-0.39, 0.29) is 30.9 Å². The molecule has 1 saturated carbocycles. The fourth-order valence-corrected chi connectivity index (χ4v) is 5.44. The van der Waals surface area contributed by atoms with Crippen molar-refractivity contribution in [3.63, 3.8) is 0 Å². The smallest absolute Gasteiger partial charge is 0.327 e. The summed E-state index contributed by atoms with van der Waals surface area (Å²) in [6.07, 6.45) is 5.73. The van der Waals surface area contributed by atoms with Gasteiger partial charge in [0.25, 0.3) is 0 Å². The van der Waals surface area contributed by atoms with Gasteiger partial charge in [-0.1, -0.05) is 31.4 Å². The number of nitrogens with zero attached hydrogens (tertiary/aromatic N) is 3. The van der Waals surface area contributed by atoms with Gasteiger partial charge in [-0.2, -0.15) is 5.10 Å². The normalized spacial score (nSPS) is 17.5. The van der Waals surface area contributed by atoms with Gasteiger partial charge in [-0.25, -0.2) is 4.79 Å². The maximum absolute atomic E-state index is 13.6. The summed E-state index contributed by atoms with van der Waals surface area (Å²) < 4.78 is 0. The second kappa shape index (κ2) is 11.0. The number of rotatable bonds is 7. The van der Waals surface area contributed by atoms with Crippen LogP contribution in [0.3, 0.4) is 0 Å². The Morgan fingerprint density at radius 2 is 1.89 bits per heavy atom. The molecule has 1 aliphatic carbocycles. The van der Waals surface area contributed by atoms with Crippen molar-refractivity contribution in [1.29, 1.82) is 0 Å². The van der Waals surface area contributed by atoms with Crippen molar-refractivity contribution in [3.8, 4) is 11.1 Å². The van der Waals surface area contributed by atoms with E-state index >= 15 is 0 Å². The van der Waals surface area contributed by atoms with Gasteiger partial charge in [-0.15, -0.1) is 0 Å². The highest BCUT2D eigenvalue weighted by molar-refractivity contribution is 6.01. The number of carbonyl (C=O) groups is 3. The molecule has 1 aliphatic heterocycles. The number of aliphatic hydroxyl groups is 1. The first-order valence-corrected chi connectivity index (χ1v) is 12.6. The number of likely N-dealkylation sites (tertiary alicyclic amines) is 1. The number of aromatic nitrogens is 2. The van der Waals surface area contributed by atoms with Crippen molar-refractivity contribution in [3.05, 3.63) is 35.7 Å². The highest BCUT2D eigenvalue weighted by atomic mass is 16.3. The Bertz CT molecular complexity index is 1040. The summed E-state index contributed by atoms with van der Waals surface area (Å²) >= 11 is 0. The van der Waals surface area contributed by atoms with Crippen molar-refractivity contribution in [2.75, 3.05) is 25.0 Å². The number of amides is 4. The van der Waals surface area contributed by atoms with Crippen molar-refractivity contribution in [1.82, 2.24) is 20.0 Å². The van der Waals surface area contributed by atoms with Gasteiger partial charge in [0.15, 0.2) is 0 Å². The molecule has 2 fully saturated rings. The molecular formula is C26H35N5O4. The van der Waals surface area contributed by atoms with E-state index in [1.54, 1.807) is 0 Å². The van der Waals surface area contributed by atoms with Crippen LogP contribution >= 0.6 is 0 Å². The summed E-state index contributed by atoms with van der Waals surface area (Å²) in [5.41, 5.74) is 4.56. The molecule has 9 heteroatoms. The van der Waals surface area contributed by atoms with E-state index < -0.39 is 12.1 Å². The Balaban J connectivity index is 1.57. The minimum atomic E-state index is -0.749. The summed E-state index contributed by atoms with van der Waals surface area (Å²) in [6, 6.07) is 6.35. The molecule has 9 nitrogen and oxygen atoms in total. The molecule has 3 N–H and O–H groups in total. The molecule has 0 bridgehead atoms. The quantitative estimate of drug-likeness (QED) is 0.558. The molecule has 1 aromatic carbocycles. The van der Waals surface area contributed by atoms with Crippen LogP contribution in [0, 0.1) is 19.8 Å². The zero-order chi connectivity index (χ0) is 24.9. The van der Waals surface area contributed by atoms with Gasteiger partial charge >= 0.3 is 6.03 Å². The first-order valence-electron chi connectivity index (χ1n) is 12.6. The van der Waals surface area contributed by atoms with Crippen LogP contribution in [0.2, 0.25) is 0 Å². The zero-order valence-electron chi connectivity index (χ0n) is 20.5. The van der Waals surface area contributed by atoms with Crippen LogP contribution in [0.25, 0.3) is 11.1 Å². The summed E-state index contributed by atoms with van der Waals surface area (Å²) in [5.74, 6) is -0.526. The number of imide groups is 1. The van der Waals surface area contributed by atoms with E-state index in [1.807, 2.05) is 38.1 Å². The van der Waals surface area contributed by atoms with Crippen LogP contribution in [0.15, 0.2) is 24.3 Å². The van der Waals surface area contributed by atoms with Crippen molar-refractivity contribution < 1.29 is 19.5 Å². The second-order valence-electron chi connectivity index (χ2n) is 9.57.